The molecule has 0 bridgehead atoms. The number of anilines is 1. The molecule has 0 aliphatic carbocycles. The zero-order valence-corrected chi connectivity index (χ0v) is 11.6. The Hall–Kier alpha value is -2.11. The molecule has 0 atom stereocenters. The number of halogens is 2. The van der Waals surface area contributed by atoms with E-state index in [1.54, 1.807) is 36.7 Å². The van der Waals surface area contributed by atoms with Gasteiger partial charge < -0.3 is 10.3 Å². The van der Waals surface area contributed by atoms with Crippen LogP contribution in [0.1, 0.15) is 0 Å². The summed E-state index contributed by atoms with van der Waals surface area (Å²) >= 11 is 12.1. The van der Waals surface area contributed by atoms with Crippen molar-refractivity contribution < 1.29 is 4.52 Å². The van der Waals surface area contributed by atoms with Gasteiger partial charge in [0.05, 0.1) is 23.0 Å². The lowest BCUT2D eigenvalue weighted by Crippen LogP contribution is -1.90. The number of nitrogens with two attached hydrogens (primary N) is 1. The third-order valence-electron chi connectivity index (χ3n) is 2.77. The van der Waals surface area contributed by atoms with E-state index in [2.05, 4.69) is 15.4 Å². The quantitative estimate of drug-likeness (QED) is 0.781. The minimum absolute atomic E-state index is 0.251. The van der Waals surface area contributed by atoms with Crippen LogP contribution in [0, 0.1) is 0 Å². The van der Waals surface area contributed by atoms with Crippen molar-refractivity contribution in [1.29, 1.82) is 0 Å². The zero-order chi connectivity index (χ0) is 14.1. The van der Waals surface area contributed by atoms with E-state index in [4.69, 9.17) is 33.5 Å². The van der Waals surface area contributed by atoms with Crippen molar-refractivity contribution >= 4 is 29.0 Å². The number of aromatic nitrogens is 3. The summed E-state index contributed by atoms with van der Waals surface area (Å²) < 4.78 is 5.29. The molecule has 2 N–H and O–H groups in total. The molecule has 0 radical (unpaired) electrons. The van der Waals surface area contributed by atoms with Crippen LogP contribution in [-0.4, -0.2) is 15.4 Å². The Bertz CT molecular complexity index is 758. The van der Waals surface area contributed by atoms with Crippen LogP contribution < -0.4 is 5.73 Å². The van der Waals surface area contributed by atoms with Crippen LogP contribution in [0.15, 0.2) is 41.2 Å². The van der Waals surface area contributed by atoms with Gasteiger partial charge in [0.15, 0.2) is 11.6 Å². The second kappa shape index (κ2) is 5.11. The Labute approximate surface area is 124 Å². The molecule has 3 rings (SSSR count). The second-order valence-electron chi connectivity index (χ2n) is 4.03. The molecule has 7 heteroatoms. The normalized spacial score (nSPS) is 10.7. The van der Waals surface area contributed by atoms with Crippen LogP contribution >= 0.6 is 23.2 Å². The summed E-state index contributed by atoms with van der Waals surface area (Å²) in [6.45, 7) is 0. The topological polar surface area (TPSA) is 77.8 Å². The minimum Gasteiger partial charge on any atom is -0.380 e. The Morgan fingerprint density at radius 1 is 1.10 bits per heavy atom. The first-order chi connectivity index (χ1) is 9.66. The summed E-state index contributed by atoms with van der Waals surface area (Å²) in [6.07, 6.45) is 3.12. The molecule has 0 unspecified atom stereocenters. The molecule has 0 saturated heterocycles. The van der Waals surface area contributed by atoms with Crippen molar-refractivity contribution in [2.45, 2.75) is 0 Å². The first kappa shape index (κ1) is 12.9. The van der Waals surface area contributed by atoms with Gasteiger partial charge in [0, 0.05) is 16.1 Å². The highest BCUT2D eigenvalue weighted by Gasteiger charge is 2.20. The van der Waals surface area contributed by atoms with Crippen molar-refractivity contribution in [2.75, 3.05) is 5.73 Å². The van der Waals surface area contributed by atoms with Gasteiger partial charge in [-0.2, -0.15) is 10.2 Å². The fourth-order valence-corrected chi connectivity index (χ4v) is 2.38. The molecule has 5 nitrogen and oxygen atoms in total. The van der Waals surface area contributed by atoms with Crippen LogP contribution in [0.5, 0.6) is 0 Å². The number of hydrogen-bond donors (Lipinski definition) is 1. The molecule has 0 aliphatic rings. The molecule has 100 valence electrons. The molecule has 0 aliphatic heterocycles. The summed E-state index contributed by atoms with van der Waals surface area (Å²) in [5.74, 6) is 0.739. The van der Waals surface area contributed by atoms with E-state index >= 15 is 0 Å². The number of nitrogen functional groups attached to an aromatic ring is 1. The van der Waals surface area contributed by atoms with Crippen molar-refractivity contribution in [1.82, 2.24) is 15.4 Å². The Morgan fingerprint density at radius 3 is 2.65 bits per heavy atom. The fraction of sp³-hybridized carbons (Fsp3) is 0. The summed E-state index contributed by atoms with van der Waals surface area (Å²) in [5, 5.41) is 12.3. The van der Waals surface area contributed by atoms with Gasteiger partial charge in [-0.05, 0) is 18.2 Å². The molecule has 0 saturated carbocycles. The standard InChI is InChI=1S/C13H8Cl2N4O/c14-8-1-2-9(10(15)5-8)11-12(20-19-13(11)16)7-3-4-17-18-6-7/h1-6H,(H2,16,19). The van der Waals surface area contributed by atoms with Gasteiger partial charge in [-0.1, -0.05) is 34.4 Å². The number of rotatable bonds is 2. The molecular formula is C13H8Cl2N4O. The van der Waals surface area contributed by atoms with Crippen LogP contribution in [0.25, 0.3) is 22.5 Å². The van der Waals surface area contributed by atoms with E-state index in [-0.39, 0.29) is 5.82 Å². The maximum Gasteiger partial charge on any atom is 0.178 e. The highest BCUT2D eigenvalue weighted by atomic mass is 35.5. The third-order valence-corrected chi connectivity index (χ3v) is 3.31. The van der Waals surface area contributed by atoms with Crippen LogP contribution in [0.2, 0.25) is 10.0 Å². The molecule has 0 amide bonds. The maximum atomic E-state index is 6.21. The maximum absolute atomic E-state index is 6.21. The highest BCUT2D eigenvalue weighted by Crippen LogP contribution is 2.40. The van der Waals surface area contributed by atoms with Crippen molar-refractivity contribution in [2.24, 2.45) is 0 Å². The smallest absolute Gasteiger partial charge is 0.178 e. The van der Waals surface area contributed by atoms with E-state index in [1.165, 1.54) is 0 Å². The predicted molar refractivity (Wildman–Crippen MR) is 77.4 cm³/mol. The number of benzene rings is 1. The third kappa shape index (κ3) is 2.21. The van der Waals surface area contributed by atoms with E-state index in [1.807, 2.05) is 0 Å². The molecular weight excluding hydrogens is 299 g/mol. The number of hydrogen-bond acceptors (Lipinski definition) is 5. The molecule has 0 fully saturated rings. The molecule has 1 aromatic carbocycles. The van der Waals surface area contributed by atoms with Gasteiger partial charge >= 0.3 is 0 Å². The molecule has 2 heterocycles. The van der Waals surface area contributed by atoms with Gasteiger partial charge in [0.2, 0.25) is 0 Å². The first-order valence-corrected chi connectivity index (χ1v) is 6.40. The van der Waals surface area contributed by atoms with Crippen molar-refractivity contribution in [3.05, 3.63) is 46.7 Å². The van der Waals surface area contributed by atoms with E-state index in [0.29, 0.717) is 32.5 Å². The van der Waals surface area contributed by atoms with Crippen LogP contribution in [0.4, 0.5) is 5.82 Å². The fourth-order valence-electron chi connectivity index (χ4n) is 1.88. The van der Waals surface area contributed by atoms with Gasteiger partial charge in [0.25, 0.3) is 0 Å². The van der Waals surface area contributed by atoms with Crippen molar-refractivity contribution in [3.8, 4) is 22.5 Å². The lowest BCUT2D eigenvalue weighted by molar-refractivity contribution is 0.436. The van der Waals surface area contributed by atoms with Gasteiger partial charge in [-0.25, -0.2) is 0 Å². The molecule has 0 spiro atoms. The summed E-state index contributed by atoms with van der Waals surface area (Å²) in [7, 11) is 0. The second-order valence-corrected chi connectivity index (χ2v) is 4.87. The summed E-state index contributed by atoms with van der Waals surface area (Å²) in [5.41, 5.74) is 7.91. The largest absolute Gasteiger partial charge is 0.380 e. The average Bonchev–Trinajstić information content (AvgIpc) is 2.82. The lowest BCUT2D eigenvalue weighted by Gasteiger charge is -2.05. The van der Waals surface area contributed by atoms with Gasteiger partial charge in [-0.3, -0.25) is 0 Å². The van der Waals surface area contributed by atoms with E-state index in [9.17, 15) is 0 Å². The Kier molecular flexibility index (Phi) is 3.30. The summed E-state index contributed by atoms with van der Waals surface area (Å²) in [4.78, 5) is 0. The minimum atomic E-state index is 0.251. The summed E-state index contributed by atoms with van der Waals surface area (Å²) in [6, 6.07) is 6.88. The first-order valence-electron chi connectivity index (χ1n) is 5.64. The van der Waals surface area contributed by atoms with Crippen LogP contribution in [0.3, 0.4) is 0 Å². The Balaban J connectivity index is 2.22. The van der Waals surface area contributed by atoms with Crippen LogP contribution in [-0.2, 0) is 0 Å². The molecule has 20 heavy (non-hydrogen) atoms. The van der Waals surface area contributed by atoms with Gasteiger partial charge in [-0.15, -0.1) is 0 Å². The average molecular weight is 307 g/mol. The number of nitrogens with zero attached hydrogens (tertiary/aromatic N) is 3. The highest BCUT2D eigenvalue weighted by molar-refractivity contribution is 6.36. The SMILES string of the molecule is Nc1noc(-c2ccnnc2)c1-c1ccc(Cl)cc1Cl. The molecule has 3 aromatic rings. The zero-order valence-electron chi connectivity index (χ0n) is 10.0. The van der Waals surface area contributed by atoms with Gasteiger partial charge in [0.1, 0.15) is 0 Å². The lowest BCUT2D eigenvalue weighted by atomic mass is 10.0. The monoisotopic (exact) mass is 306 g/mol. The molecule has 2 aromatic heterocycles. The van der Waals surface area contributed by atoms with E-state index < -0.39 is 0 Å². The van der Waals surface area contributed by atoms with E-state index in [0.717, 1.165) is 0 Å². The predicted octanol–water partition coefficient (Wildman–Crippen LogP) is 3.69. The van der Waals surface area contributed by atoms with Crippen molar-refractivity contribution in [3.63, 3.8) is 0 Å². The Morgan fingerprint density at radius 2 is 1.95 bits per heavy atom.